The van der Waals surface area contributed by atoms with Gasteiger partial charge in [-0.3, -0.25) is 4.68 Å². The summed E-state index contributed by atoms with van der Waals surface area (Å²) in [5.41, 5.74) is 2.27. The van der Waals surface area contributed by atoms with Gasteiger partial charge in [-0.25, -0.2) is 0 Å². The summed E-state index contributed by atoms with van der Waals surface area (Å²) < 4.78 is 4.00. The van der Waals surface area contributed by atoms with Crippen LogP contribution in [0.1, 0.15) is 31.1 Å². The maximum absolute atomic E-state index is 6.04. The molecule has 1 atom stereocenters. The van der Waals surface area contributed by atoms with Crippen LogP contribution in [0.5, 0.6) is 0 Å². The summed E-state index contributed by atoms with van der Waals surface area (Å²) in [5, 5.41) is 8.63. The molecule has 2 aromatic rings. The van der Waals surface area contributed by atoms with Crippen molar-refractivity contribution >= 4 is 43.5 Å². The Morgan fingerprint density at radius 2 is 2.05 bits per heavy atom. The Morgan fingerprint density at radius 3 is 2.65 bits per heavy atom. The number of nitrogens with one attached hydrogen (secondary N) is 1. The van der Waals surface area contributed by atoms with E-state index >= 15 is 0 Å². The van der Waals surface area contributed by atoms with Crippen molar-refractivity contribution in [3.8, 4) is 0 Å². The Hall–Kier alpha value is -0.360. The van der Waals surface area contributed by atoms with Crippen LogP contribution in [0.25, 0.3) is 0 Å². The van der Waals surface area contributed by atoms with Crippen molar-refractivity contribution in [2.24, 2.45) is 0 Å². The highest BCUT2D eigenvalue weighted by Crippen LogP contribution is 2.34. The molecule has 0 fully saturated rings. The molecule has 1 N–H and O–H groups in total. The van der Waals surface area contributed by atoms with Gasteiger partial charge in [0.2, 0.25) is 0 Å². The lowest BCUT2D eigenvalue weighted by molar-refractivity contribution is 0.539. The lowest BCUT2D eigenvalue weighted by Gasteiger charge is -2.21. The van der Waals surface area contributed by atoms with Gasteiger partial charge in [0.25, 0.3) is 0 Å². The maximum Gasteiger partial charge on any atom is 0.0770 e. The van der Waals surface area contributed by atoms with Gasteiger partial charge in [-0.15, -0.1) is 0 Å². The summed E-state index contributed by atoms with van der Waals surface area (Å²) in [5.74, 6) is 0. The van der Waals surface area contributed by atoms with Crippen LogP contribution in [0, 0.1) is 0 Å². The van der Waals surface area contributed by atoms with Gasteiger partial charge in [0.05, 0.1) is 22.4 Å². The van der Waals surface area contributed by atoms with E-state index in [4.69, 9.17) is 11.6 Å². The van der Waals surface area contributed by atoms with Crippen LogP contribution in [0.4, 0.5) is 0 Å². The number of aromatic nitrogens is 2. The van der Waals surface area contributed by atoms with Crippen molar-refractivity contribution in [2.75, 3.05) is 6.54 Å². The standard InChI is InChI=1S/C14H16Br2ClN3/c1-3-18-13(10-6-5-9(17)7-11(10)15)14-12(16)8-19-20(14)4-2/h5-8,13,18H,3-4H2,1-2H3. The summed E-state index contributed by atoms with van der Waals surface area (Å²) >= 11 is 13.2. The van der Waals surface area contributed by atoms with Crippen molar-refractivity contribution in [3.63, 3.8) is 0 Å². The second-order valence-corrected chi connectivity index (χ2v) is 6.50. The third kappa shape index (κ3) is 3.27. The average molecular weight is 422 g/mol. The topological polar surface area (TPSA) is 29.9 Å². The summed E-state index contributed by atoms with van der Waals surface area (Å²) in [6.07, 6.45) is 1.84. The van der Waals surface area contributed by atoms with Gasteiger partial charge in [0.1, 0.15) is 0 Å². The van der Waals surface area contributed by atoms with Gasteiger partial charge in [-0.05, 0) is 47.1 Å². The minimum Gasteiger partial charge on any atom is -0.305 e. The van der Waals surface area contributed by atoms with Gasteiger partial charge >= 0.3 is 0 Å². The van der Waals surface area contributed by atoms with E-state index in [0.29, 0.717) is 0 Å². The van der Waals surface area contributed by atoms with Crippen molar-refractivity contribution in [1.29, 1.82) is 0 Å². The highest BCUT2D eigenvalue weighted by atomic mass is 79.9. The van der Waals surface area contributed by atoms with E-state index in [9.17, 15) is 0 Å². The lowest BCUT2D eigenvalue weighted by atomic mass is 10.0. The zero-order chi connectivity index (χ0) is 14.7. The fourth-order valence-corrected chi connectivity index (χ4v) is 3.64. The molecule has 1 unspecified atom stereocenters. The molecule has 1 aromatic carbocycles. The number of nitrogens with zero attached hydrogens (tertiary/aromatic N) is 2. The smallest absolute Gasteiger partial charge is 0.0770 e. The molecule has 0 spiro atoms. The van der Waals surface area contributed by atoms with Crippen LogP contribution in [-0.4, -0.2) is 16.3 Å². The largest absolute Gasteiger partial charge is 0.305 e. The number of rotatable bonds is 5. The highest BCUT2D eigenvalue weighted by Gasteiger charge is 2.22. The molecule has 0 bridgehead atoms. The number of hydrogen-bond donors (Lipinski definition) is 1. The van der Waals surface area contributed by atoms with E-state index < -0.39 is 0 Å². The Bertz CT molecular complexity index is 598. The third-order valence-corrected chi connectivity index (χ3v) is 4.62. The molecular weight excluding hydrogens is 405 g/mol. The predicted molar refractivity (Wildman–Crippen MR) is 90.3 cm³/mol. The van der Waals surface area contributed by atoms with Crippen LogP contribution < -0.4 is 5.32 Å². The van der Waals surface area contributed by atoms with Crippen molar-refractivity contribution < 1.29 is 0 Å². The van der Waals surface area contributed by atoms with Gasteiger partial charge in [-0.2, -0.15) is 5.10 Å². The van der Waals surface area contributed by atoms with E-state index in [2.05, 4.69) is 56.1 Å². The van der Waals surface area contributed by atoms with Crippen LogP contribution in [0.2, 0.25) is 5.02 Å². The first-order valence-electron chi connectivity index (χ1n) is 6.48. The number of hydrogen-bond acceptors (Lipinski definition) is 2. The van der Waals surface area contributed by atoms with E-state index in [-0.39, 0.29) is 6.04 Å². The maximum atomic E-state index is 6.04. The lowest BCUT2D eigenvalue weighted by Crippen LogP contribution is -2.25. The Morgan fingerprint density at radius 1 is 1.30 bits per heavy atom. The van der Waals surface area contributed by atoms with Crippen molar-refractivity contribution in [2.45, 2.75) is 26.4 Å². The zero-order valence-electron chi connectivity index (χ0n) is 11.3. The monoisotopic (exact) mass is 419 g/mol. The molecule has 1 heterocycles. The zero-order valence-corrected chi connectivity index (χ0v) is 15.3. The molecule has 1 aromatic heterocycles. The van der Waals surface area contributed by atoms with Gasteiger partial charge in [0, 0.05) is 16.0 Å². The van der Waals surface area contributed by atoms with Gasteiger partial charge < -0.3 is 5.32 Å². The molecule has 108 valence electrons. The molecule has 2 rings (SSSR count). The average Bonchev–Trinajstić information content (AvgIpc) is 2.78. The third-order valence-electron chi connectivity index (χ3n) is 3.09. The second-order valence-electron chi connectivity index (χ2n) is 4.35. The predicted octanol–water partition coefficient (Wildman–Crippen LogP) is 4.78. The molecule has 20 heavy (non-hydrogen) atoms. The summed E-state index contributed by atoms with van der Waals surface area (Å²) in [4.78, 5) is 0. The molecule has 0 radical (unpaired) electrons. The number of halogens is 3. The highest BCUT2D eigenvalue weighted by molar-refractivity contribution is 9.10. The Balaban J connectivity index is 2.53. The fourth-order valence-electron chi connectivity index (χ4n) is 2.20. The molecule has 0 saturated carbocycles. The quantitative estimate of drug-likeness (QED) is 0.753. The van der Waals surface area contributed by atoms with Crippen LogP contribution in [0.15, 0.2) is 33.3 Å². The van der Waals surface area contributed by atoms with Gasteiger partial charge in [-0.1, -0.05) is 40.5 Å². The molecule has 3 nitrogen and oxygen atoms in total. The van der Waals surface area contributed by atoms with E-state index in [1.807, 2.05) is 29.1 Å². The second kappa shape index (κ2) is 7.07. The molecule has 6 heteroatoms. The SMILES string of the molecule is CCNC(c1ccc(Cl)cc1Br)c1c(Br)cnn1CC. The molecule has 0 amide bonds. The van der Waals surface area contributed by atoms with Crippen molar-refractivity contribution in [1.82, 2.24) is 15.1 Å². The van der Waals surface area contributed by atoms with E-state index in [0.717, 1.165) is 38.3 Å². The fraction of sp³-hybridized carbons (Fsp3) is 0.357. The molecule has 0 saturated heterocycles. The van der Waals surface area contributed by atoms with Crippen molar-refractivity contribution in [3.05, 3.63) is 49.6 Å². The minimum absolute atomic E-state index is 0.0588. The van der Waals surface area contributed by atoms with E-state index in [1.54, 1.807) is 0 Å². The summed E-state index contributed by atoms with van der Waals surface area (Å²) in [6, 6.07) is 5.93. The Kier molecular flexibility index (Phi) is 5.66. The first-order valence-corrected chi connectivity index (χ1v) is 8.44. The van der Waals surface area contributed by atoms with Crippen LogP contribution in [-0.2, 0) is 6.54 Å². The molecule has 0 aliphatic heterocycles. The molecular formula is C14H16Br2ClN3. The Labute approximate surface area is 141 Å². The summed E-state index contributed by atoms with van der Waals surface area (Å²) in [7, 11) is 0. The normalized spacial score (nSPS) is 12.7. The van der Waals surface area contributed by atoms with Crippen LogP contribution >= 0.6 is 43.5 Å². The minimum atomic E-state index is 0.0588. The first kappa shape index (κ1) is 16.0. The van der Waals surface area contributed by atoms with E-state index in [1.165, 1.54) is 0 Å². The number of benzene rings is 1. The van der Waals surface area contributed by atoms with Gasteiger partial charge in [0.15, 0.2) is 0 Å². The number of aryl methyl sites for hydroxylation is 1. The van der Waals surface area contributed by atoms with Crippen LogP contribution in [0.3, 0.4) is 0 Å². The molecule has 0 aliphatic carbocycles. The molecule has 0 aliphatic rings. The summed E-state index contributed by atoms with van der Waals surface area (Å²) in [6.45, 7) is 5.87. The first-order chi connectivity index (χ1) is 9.58.